The van der Waals surface area contributed by atoms with Crippen LogP contribution in [0.25, 0.3) is 11.5 Å². The van der Waals surface area contributed by atoms with Crippen molar-refractivity contribution in [3.05, 3.63) is 54.3 Å². The SMILES string of the molecule is COc1ccc(-c2nc(S(=O)(=O)c3ccc(F)cc3)c(N3CCCCCC3)o2)cc1. The van der Waals surface area contributed by atoms with Gasteiger partial charge < -0.3 is 14.1 Å². The number of hydrogen-bond acceptors (Lipinski definition) is 6. The van der Waals surface area contributed by atoms with Crippen LogP contribution in [0.5, 0.6) is 5.75 Å². The number of hydrogen-bond donors (Lipinski definition) is 0. The van der Waals surface area contributed by atoms with E-state index in [1.165, 1.54) is 12.1 Å². The van der Waals surface area contributed by atoms with Gasteiger partial charge in [-0.2, -0.15) is 4.98 Å². The minimum absolute atomic E-state index is 0.0189. The zero-order valence-corrected chi connectivity index (χ0v) is 17.5. The quantitative estimate of drug-likeness (QED) is 0.546. The maximum absolute atomic E-state index is 13.3. The first kappa shape index (κ1) is 20.4. The van der Waals surface area contributed by atoms with E-state index in [2.05, 4.69) is 4.98 Å². The molecule has 158 valence electrons. The average Bonchev–Trinajstić information content (AvgIpc) is 3.04. The number of aromatic nitrogens is 1. The van der Waals surface area contributed by atoms with E-state index in [4.69, 9.17) is 9.15 Å². The topological polar surface area (TPSA) is 72.6 Å². The lowest BCUT2D eigenvalue weighted by atomic mass is 10.2. The molecule has 1 aromatic heterocycles. The minimum Gasteiger partial charge on any atom is -0.497 e. The molecular weight excluding hydrogens is 407 g/mol. The molecule has 1 aliphatic heterocycles. The lowest BCUT2D eigenvalue weighted by Gasteiger charge is -2.20. The third kappa shape index (κ3) is 4.05. The molecule has 1 fully saturated rings. The zero-order valence-electron chi connectivity index (χ0n) is 16.7. The number of rotatable bonds is 5. The molecule has 3 aromatic rings. The second kappa shape index (κ2) is 8.47. The summed E-state index contributed by atoms with van der Waals surface area (Å²) < 4.78 is 51.2. The fourth-order valence-electron chi connectivity index (χ4n) is 3.53. The highest BCUT2D eigenvalue weighted by Crippen LogP contribution is 2.36. The number of ether oxygens (including phenoxy) is 1. The van der Waals surface area contributed by atoms with Crippen LogP contribution < -0.4 is 9.64 Å². The van der Waals surface area contributed by atoms with E-state index in [9.17, 15) is 12.8 Å². The number of sulfone groups is 1. The number of oxazole rings is 1. The highest BCUT2D eigenvalue weighted by molar-refractivity contribution is 7.91. The summed E-state index contributed by atoms with van der Waals surface area (Å²) in [4.78, 5) is 6.31. The zero-order chi connectivity index (χ0) is 21.1. The van der Waals surface area contributed by atoms with Crippen LogP contribution in [-0.4, -0.2) is 33.6 Å². The number of methoxy groups -OCH3 is 1. The van der Waals surface area contributed by atoms with Gasteiger partial charge in [-0.3, -0.25) is 0 Å². The smallest absolute Gasteiger partial charge is 0.236 e. The molecule has 2 aromatic carbocycles. The molecule has 0 bridgehead atoms. The molecule has 0 unspecified atom stereocenters. The molecule has 0 spiro atoms. The first-order chi connectivity index (χ1) is 14.5. The Bertz CT molecular complexity index is 1100. The molecule has 0 amide bonds. The molecule has 30 heavy (non-hydrogen) atoms. The second-order valence-electron chi connectivity index (χ2n) is 7.22. The first-order valence-electron chi connectivity index (χ1n) is 9.90. The lowest BCUT2D eigenvalue weighted by molar-refractivity contribution is 0.415. The fraction of sp³-hybridized carbons (Fsp3) is 0.318. The molecule has 0 saturated carbocycles. The molecule has 0 aliphatic carbocycles. The predicted molar refractivity (Wildman–Crippen MR) is 111 cm³/mol. The minimum atomic E-state index is -3.99. The van der Waals surface area contributed by atoms with Crippen molar-refractivity contribution in [3.8, 4) is 17.2 Å². The van der Waals surface area contributed by atoms with E-state index in [1.807, 2.05) is 4.90 Å². The maximum Gasteiger partial charge on any atom is 0.236 e. The Morgan fingerprint density at radius 2 is 1.60 bits per heavy atom. The van der Waals surface area contributed by atoms with Gasteiger partial charge in [-0.1, -0.05) is 12.8 Å². The van der Waals surface area contributed by atoms with Crippen LogP contribution in [0.4, 0.5) is 10.3 Å². The van der Waals surface area contributed by atoms with Gasteiger partial charge in [0.1, 0.15) is 11.6 Å². The Morgan fingerprint density at radius 1 is 0.967 bits per heavy atom. The Balaban J connectivity index is 1.82. The highest BCUT2D eigenvalue weighted by atomic mass is 32.2. The maximum atomic E-state index is 13.3. The fourth-order valence-corrected chi connectivity index (χ4v) is 4.85. The number of benzene rings is 2. The van der Waals surface area contributed by atoms with Crippen molar-refractivity contribution in [1.29, 1.82) is 0 Å². The van der Waals surface area contributed by atoms with Gasteiger partial charge in [-0.25, -0.2) is 12.8 Å². The number of nitrogens with zero attached hydrogens (tertiary/aromatic N) is 2. The number of halogens is 1. The van der Waals surface area contributed by atoms with Crippen LogP contribution in [-0.2, 0) is 9.84 Å². The van der Waals surface area contributed by atoms with Crippen LogP contribution in [0.2, 0.25) is 0 Å². The molecule has 0 atom stereocenters. The van der Waals surface area contributed by atoms with Crippen molar-refractivity contribution in [2.75, 3.05) is 25.1 Å². The summed E-state index contributed by atoms with van der Waals surface area (Å²) in [7, 11) is -2.41. The molecular formula is C22H23FN2O4S. The van der Waals surface area contributed by atoms with Crippen molar-refractivity contribution >= 4 is 15.7 Å². The molecule has 1 aliphatic rings. The summed E-state index contributed by atoms with van der Waals surface area (Å²) in [5.74, 6) is 0.641. The van der Waals surface area contributed by atoms with Crippen LogP contribution in [0.15, 0.2) is 62.9 Å². The molecule has 6 nitrogen and oxygen atoms in total. The molecule has 4 rings (SSSR count). The van der Waals surface area contributed by atoms with Gasteiger partial charge in [0.25, 0.3) is 0 Å². The Labute approximate surface area is 175 Å². The van der Waals surface area contributed by atoms with Crippen LogP contribution in [0.3, 0.4) is 0 Å². The third-order valence-corrected chi connectivity index (χ3v) is 6.86. The van der Waals surface area contributed by atoms with Crippen molar-refractivity contribution in [1.82, 2.24) is 4.98 Å². The molecule has 0 N–H and O–H groups in total. The van der Waals surface area contributed by atoms with E-state index < -0.39 is 15.7 Å². The van der Waals surface area contributed by atoms with E-state index in [0.29, 0.717) is 24.4 Å². The normalized spacial score (nSPS) is 15.1. The van der Waals surface area contributed by atoms with Gasteiger partial charge in [0, 0.05) is 18.7 Å². The van der Waals surface area contributed by atoms with Crippen molar-refractivity contribution in [2.24, 2.45) is 0 Å². The standard InChI is InChI=1S/C22H23FN2O4S/c1-28-18-10-6-16(7-11-18)20-24-21(22(29-20)25-14-4-2-3-5-15-25)30(26,27)19-12-8-17(23)9-13-19/h6-13H,2-5,14-15H2,1H3. The van der Waals surface area contributed by atoms with Gasteiger partial charge in [0.05, 0.1) is 12.0 Å². The predicted octanol–water partition coefficient (Wildman–Crippen LogP) is 4.70. The van der Waals surface area contributed by atoms with Crippen LogP contribution in [0.1, 0.15) is 25.7 Å². The van der Waals surface area contributed by atoms with E-state index in [-0.39, 0.29) is 21.7 Å². The molecule has 1 saturated heterocycles. The van der Waals surface area contributed by atoms with Gasteiger partial charge in [-0.05, 0) is 61.4 Å². The van der Waals surface area contributed by atoms with E-state index >= 15 is 0 Å². The van der Waals surface area contributed by atoms with E-state index in [1.54, 1.807) is 31.4 Å². The Hall–Kier alpha value is -2.87. The largest absolute Gasteiger partial charge is 0.497 e. The van der Waals surface area contributed by atoms with Crippen molar-refractivity contribution in [3.63, 3.8) is 0 Å². The lowest BCUT2D eigenvalue weighted by Crippen LogP contribution is -2.25. The molecule has 0 radical (unpaired) electrons. The summed E-state index contributed by atoms with van der Waals surface area (Å²) in [5.41, 5.74) is 0.646. The Morgan fingerprint density at radius 3 is 2.20 bits per heavy atom. The summed E-state index contributed by atoms with van der Waals surface area (Å²) >= 11 is 0. The highest BCUT2D eigenvalue weighted by Gasteiger charge is 2.31. The molecule has 2 heterocycles. The van der Waals surface area contributed by atoms with Crippen LogP contribution >= 0.6 is 0 Å². The van der Waals surface area contributed by atoms with Gasteiger partial charge in [0.2, 0.25) is 26.6 Å². The summed E-state index contributed by atoms with van der Waals surface area (Å²) in [6.45, 7) is 1.40. The monoisotopic (exact) mass is 430 g/mol. The summed E-state index contributed by atoms with van der Waals surface area (Å²) in [6.07, 6.45) is 4.09. The molecule has 8 heteroatoms. The van der Waals surface area contributed by atoms with Crippen molar-refractivity contribution < 1.29 is 22.0 Å². The number of anilines is 1. The van der Waals surface area contributed by atoms with Crippen molar-refractivity contribution in [2.45, 2.75) is 35.6 Å². The average molecular weight is 431 g/mol. The summed E-state index contributed by atoms with van der Waals surface area (Å²) in [6, 6.07) is 11.8. The third-order valence-electron chi connectivity index (χ3n) is 5.19. The van der Waals surface area contributed by atoms with Gasteiger partial charge >= 0.3 is 0 Å². The Kier molecular flexibility index (Phi) is 5.76. The van der Waals surface area contributed by atoms with Gasteiger partial charge in [0.15, 0.2) is 0 Å². The second-order valence-corrected chi connectivity index (χ2v) is 9.08. The van der Waals surface area contributed by atoms with E-state index in [0.717, 1.165) is 37.8 Å². The van der Waals surface area contributed by atoms with Crippen LogP contribution in [0, 0.1) is 5.82 Å². The van der Waals surface area contributed by atoms with Gasteiger partial charge in [-0.15, -0.1) is 0 Å². The first-order valence-corrected chi connectivity index (χ1v) is 11.4. The summed E-state index contributed by atoms with van der Waals surface area (Å²) in [5, 5.41) is -0.137.